The smallest absolute Gasteiger partial charge is 0.337 e. The van der Waals surface area contributed by atoms with Crippen LogP contribution in [0.4, 0.5) is 17.3 Å². The van der Waals surface area contributed by atoms with Crippen LogP contribution in [0.5, 0.6) is 0 Å². The molecule has 0 aliphatic rings. The Morgan fingerprint density at radius 2 is 1.83 bits per heavy atom. The van der Waals surface area contributed by atoms with Gasteiger partial charge in [0.25, 0.3) is 0 Å². The van der Waals surface area contributed by atoms with Gasteiger partial charge in [-0.2, -0.15) is 0 Å². The monoisotopic (exact) mass is 328 g/mol. The number of nitrogens with one attached hydrogen (secondary N) is 2. The number of aromatic nitrogens is 2. The number of ether oxygens (including phenoxy) is 1. The Hall–Kier alpha value is -2.63. The molecule has 6 nitrogen and oxygen atoms in total. The van der Waals surface area contributed by atoms with E-state index in [0.29, 0.717) is 17.2 Å². The van der Waals surface area contributed by atoms with Crippen LogP contribution in [0.15, 0.2) is 30.3 Å². The number of carbonyl (C=O) groups excluding carboxylic acids is 1. The second-order valence-electron chi connectivity index (χ2n) is 5.51. The van der Waals surface area contributed by atoms with Gasteiger partial charge in [0.1, 0.15) is 17.5 Å². The first-order valence-corrected chi connectivity index (χ1v) is 8.17. The van der Waals surface area contributed by atoms with Gasteiger partial charge in [0.2, 0.25) is 0 Å². The second-order valence-corrected chi connectivity index (χ2v) is 5.51. The molecular weight excluding hydrogens is 304 g/mol. The van der Waals surface area contributed by atoms with E-state index in [1.54, 1.807) is 12.1 Å². The molecule has 24 heavy (non-hydrogen) atoms. The molecular formula is C18H24N4O2. The number of hydrogen-bond donors (Lipinski definition) is 2. The summed E-state index contributed by atoms with van der Waals surface area (Å²) in [5, 5.41) is 6.55. The van der Waals surface area contributed by atoms with Crippen molar-refractivity contribution >= 4 is 23.3 Å². The maximum Gasteiger partial charge on any atom is 0.337 e. The van der Waals surface area contributed by atoms with E-state index in [1.165, 1.54) is 20.0 Å². The number of unbranched alkanes of at least 4 members (excludes halogenated alkanes) is 2. The summed E-state index contributed by atoms with van der Waals surface area (Å²) < 4.78 is 4.69. The maximum atomic E-state index is 11.4. The van der Waals surface area contributed by atoms with Gasteiger partial charge >= 0.3 is 5.97 Å². The predicted octanol–water partition coefficient (Wildman–Crippen LogP) is 3.92. The van der Waals surface area contributed by atoms with Crippen molar-refractivity contribution < 1.29 is 9.53 Å². The van der Waals surface area contributed by atoms with Crippen molar-refractivity contribution in [2.75, 3.05) is 24.3 Å². The van der Waals surface area contributed by atoms with Gasteiger partial charge in [-0.25, -0.2) is 14.8 Å². The minimum atomic E-state index is -0.349. The van der Waals surface area contributed by atoms with Crippen LogP contribution in [0.3, 0.4) is 0 Å². The quantitative estimate of drug-likeness (QED) is 0.565. The number of nitrogens with zero attached hydrogens (tertiary/aromatic N) is 2. The molecule has 0 saturated heterocycles. The van der Waals surface area contributed by atoms with E-state index in [2.05, 4.69) is 27.5 Å². The fourth-order valence-electron chi connectivity index (χ4n) is 2.27. The molecule has 0 atom stereocenters. The normalized spacial score (nSPS) is 10.3. The van der Waals surface area contributed by atoms with E-state index in [0.717, 1.165) is 24.5 Å². The van der Waals surface area contributed by atoms with Crippen LogP contribution in [0.2, 0.25) is 0 Å². The van der Waals surface area contributed by atoms with Gasteiger partial charge in [-0.15, -0.1) is 0 Å². The average molecular weight is 328 g/mol. The standard InChI is InChI=1S/C18H24N4O2/c1-4-5-6-11-19-16-12-17(21-13(2)20-16)22-15-9-7-14(8-10-15)18(23)24-3/h7-10,12H,4-6,11H2,1-3H3,(H2,19,20,21,22). The zero-order valence-corrected chi connectivity index (χ0v) is 14.4. The molecule has 1 aromatic heterocycles. The molecule has 0 bridgehead atoms. The maximum absolute atomic E-state index is 11.4. The molecule has 2 rings (SSSR count). The molecule has 1 aromatic carbocycles. The number of anilines is 3. The Morgan fingerprint density at radius 3 is 2.50 bits per heavy atom. The number of carbonyl (C=O) groups is 1. The summed E-state index contributed by atoms with van der Waals surface area (Å²) in [7, 11) is 1.37. The first-order chi connectivity index (χ1) is 11.6. The van der Waals surface area contributed by atoms with Crippen molar-refractivity contribution in [3.63, 3.8) is 0 Å². The zero-order chi connectivity index (χ0) is 17.4. The van der Waals surface area contributed by atoms with Crippen molar-refractivity contribution in [1.29, 1.82) is 0 Å². The Kier molecular flexibility index (Phi) is 6.54. The lowest BCUT2D eigenvalue weighted by atomic mass is 10.2. The number of esters is 1. The van der Waals surface area contributed by atoms with Crippen molar-refractivity contribution in [2.24, 2.45) is 0 Å². The van der Waals surface area contributed by atoms with E-state index in [9.17, 15) is 4.79 Å². The largest absolute Gasteiger partial charge is 0.465 e. The molecule has 2 N–H and O–H groups in total. The third-order valence-corrected chi connectivity index (χ3v) is 3.50. The average Bonchev–Trinajstić information content (AvgIpc) is 2.58. The molecule has 0 unspecified atom stereocenters. The summed E-state index contributed by atoms with van der Waals surface area (Å²) in [6, 6.07) is 8.95. The zero-order valence-electron chi connectivity index (χ0n) is 14.4. The number of benzene rings is 1. The van der Waals surface area contributed by atoms with Gasteiger partial charge < -0.3 is 15.4 Å². The SMILES string of the molecule is CCCCCNc1cc(Nc2ccc(C(=O)OC)cc2)nc(C)n1. The summed E-state index contributed by atoms with van der Waals surface area (Å²) >= 11 is 0. The molecule has 128 valence electrons. The van der Waals surface area contributed by atoms with Gasteiger partial charge in [-0.05, 0) is 37.6 Å². The van der Waals surface area contributed by atoms with E-state index in [4.69, 9.17) is 4.74 Å². The third kappa shape index (κ3) is 5.22. The molecule has 0 radical (unpaired) electrons. The van der Waals surface area contributed by atoms with Crippen molar-refractivity contribution in [3.05, 3.63) is 41.7 Å². The van der Waals surface area contributed by atoms with E-state index >= 15 is 0 Å². The van der Waals surface area contributed by atoms with Crippen LogP contribution in [-0.4, -0.2) is 29.6 Å². The van der Waals surface area contributed by atoms with E-state index in [-0.39, 0.29) is 5.97 Å². The van der Waals surface area contributed by atoms with Crippen molar-refractivity contribution in [3.8, 4) is 0 Å². The van der Waals surface area contributed by atoms with Gasteiger partial charge in [-0.3, -0.25) is 0 Å². The van der Waals surface area contributed by atoms with Crippen LogP contribution in [-0.2, 0) is 4.74 Å². The lowest BCUT2D eigenvalue weighted by Gasteiger charge is -2.10. The molecule has 0 spiro atoms. The third-order valence-electron chi connectivity index (χ3n) is 3.50. The lowest BCUT2D eigenvalue weighted by molar-refractivity contribution is 0.0601. The molecule has 2 aromatic rings. The molecule has 1 heterocycles. The van der Waals surface area contributed by atoms with Gasteiger partial charge in [0, 0.05) is 18.3 Å². The van der Waals surface area contributed by atoms with Crippen LogP contribution in [0.25, 0.3) is 0 Å². The highest BCUT2D eigenvalue weighted by atomic mass is 16.5. The Morgan fingerprint density at radius 1 is 1.12 bits per heavy atom. The fourth-order valence-corrected chi connectivity index (χ4v) is 2.27. The summed E-state index contributed by atoms with van der Waals surface area (Å²) in [6.45, 7) is 4.95. The topological polar surface area (TPSA) is 76.1 Å². The molecule has 0 saturated carbocycles. The lowest BCUT2D eigenvalue weighted by Crippen LogP contribution is -2.06. The first-order valence-electron chi connectivity index (χ1n) is 8.17. The summed E-state index contributed by atoms with van der Waals surface area (Å²) in [4.78, 5) is 20.2. The highest BCUT2D eigenvalue weighted by molar-refractivity contribution is 5.89. The number of methoxy groups -OCH3 is 1. The molecule has 0 fully saturated rings. The van der Waals surface area contributed by atoms with Crippen LogP contribution in [0, 0.1) is 6.92 Å². The number of hydrogen-bond acceptors (Lipinski definition) is 6. The molecule has 0 aliphatic heterocycles. The number of aryl methyl sites for hydroxylation is 1. The minimum Gasteiger partial charge on any atom is -0.465 e. The Labute approximate surface area is 142 Å². The summed E-state index contributed by atoms with van der Waals surface area (Å²) in [5.74, 6) is 1.88. The molecule has 0 amide bonds. The highest BCUT2D eigenvalue weighted by Crippen LogP contribution is 2.18. The van der Waals surface area contributed by atoms with Crippen LogP contribution < -0.4 is 10.6 Å². The highest BCUT2D eigenvalue weighted by Gasteiger charge is 2.06. The van der Waals surface area contributed by atoms with Crippen molar-refractivity contribution in [1.82, 2.24) is 9.97 Å². The van der Waals surface area contributed by atoms with Crippen molar-refractivity contribution in [2.45, 2.75) is 33.1 Å². The summed E-state index contributed by atoms with van der Waals surface area (Å²) in [6.07, 6.45) is 3.52. The van der Waals surface area contributed by atoms with E-state index < -0.39 is 0 Å². The predicted molar refractivity (Wildman–Crippen MR) is 95.8 cm³/mol. The molecule has 0 aliphatic carbocycles. The minimum absolute atomic E-state index is 0.349. The molecule has 6 heteroatoms. The number of rotatable bonds is 8. The Bertz CT molecular complexity index is 671. The second kappa shape index (κ2) is 8.86. The van der Waals surface area contributed by atoms with E-state index in [1.807, 2.05) is 25.1 Å². The van der Waals surface area contributed by atoms with Crippen LogP contribution in [0.1, 0.15) is 42.4 Å². The van der Waals surface area contributed by atoms with Gasteiger partial charge in [0.15, 0.2) is 0 Å². The summed E-state index contributed by atoms with van der Waals surface area (Å²) in [5.41, 5.74) is 1.36. The van der Waals surface area contributed by atoms with Gasteiger partial charge in [-0.1, -0.05) is 19.8 Å². The fraction of sp³-hybridized carbons (Fsp3) is 0.389. The Balaban J connectivity index is 2.03. The first kappa shape index (κ1) is 17.7. The van der Waals surface area contributed by atoms with Gasteiger partial charge in [0.05, 0.1) is 12.7 Å². The van der Waals surface area contributed by atoms with Crippen LogP contribution >= 0.6 is 0 Å².